The van der Waals surface area contributed by atoms with Gasteiger partial charge in [-0.3, -0.25) is 0 Å². The molecule has 1 aliphatic heterocycles. The van der Waals surface area contributed by atoms with E-state index in [1.807, 2.05) is 6.92 Å². The molecule has 19 heavy (non-hydrogen) atoms. The van der Waals surface area contributed by atoms with E-state index in [0.29, 0.717) is 12.4 Å². The number of hydrogen-bond donors (Lipinski definition) is 1. The quantitative estimate of drug-likeness (QED) is 0.846. The zero-order valence-electron chi connectivity index (χ0n) is 11.6. The lowest BCUT2D eigenvalue weighted by atomic mass is 9.95. The monoisotopic (exact) mass is 257 g/mol. The Kier molecular flexibility index (Phi) is 3.42. The van der Waals surface area contributed by atoms with Crippen molar-refractivity contribution in [3.8, 4) is 0 Å². The minimum absolute atomic E-state index is 0.273. The van der Waals surface area contributed by atoms with Gasteiger partial charge in [0.25, 0.3) is 0 Å². The molecule has 0 fully saturated rings. The number of nitrogens with two attached hydrogens (primary N) is 1. The molecule has 0 spiro atoms. The van der Waals surface area contributed by atoms with E-state index in [4.69, 9.17) is 5.73 Å². The van der Waals surface area contributed by atoms with Crippen LogP contribution in [0.1, 0.15) is 28.3 Å². The zero-order valence-corrected chi connectivity index (χ0v) is 11.6. The van der Waals surface area contributed by atoms with Crippen LogP contribution in [0.15, 0.2) is 29.8 Å². The number of amides is 2. The van der Waals surface area contributed by atoms with Crippen molar-refractivity contribution in [3.05, 3.63) is 47.0 Å². The minimum Gasteiger partial charge on any atom is -0.385 e. The molecule has 1 aromatic rings. The van der Waals surface area contributed by atoms with Gasteiger partial charge in [-0.1, -0.05) is 18.2 Å². The molecule has 1 atom stereocenters. The molecule has 1 heterocycles. The van der Waals surface area contributed by atoms with Crippen molar-refractivity contribution in [3.63, 3.8) is 0 Å². The Hall–Kier alpha value is -2.10. The predicted octanol–water partition coefficient (Wildman–Crippen LogP) is 2.63. The lowest BCUT2D eigenvalue weighted by molar-refractivity contribution is 0.212. The van der Waals surface area contributed by atoms with Gasteiger partial charge in [0.1, 0.15) is 11.9 Å². The van der Waals surface area contributed by atoms with E-state index in [9.17, 15) is 4.79 Å². The summed E-state index contributed by atoms with van der Waals surface area (Å²) >= 11 is 0. The van der Waals surface area contributed by atoms with Gasteiger partial charge >= 0.3 is 6.03 Å². The molecule has 0 bridgehead atoms. The summed E-state index contributed by atoms with van der Waals surface area (Å²) in [6, 6.07) is 3.64. The highest BCUT2D eigenvalue weighted by Crippen LogP contribution is 2.30. The second-order valence-corrected chi connectivity index (χ2v) is 4.96. The second-order valence-electron chi connectivity index (χ2n) is 4.96. The van der Waals surface area contributed by atoms with Crippen molar-refractivity contribution in [2.45, 2.75) is 26.8 Å². The van der Waals surface area contributed by atoms with Crippen LogP contribution in [-0.4, -0.2) is 23.3 Å². The fraction of sp³-hybridized carbons (Fsp3) is 0.333. The highest BCUT2D eigenvalue weighted by molar-refractivity contribution is 6.03. The first-order chi connectivity index (χ1) is 8.95. The second kappa shape index (κ2) is 4.88. The Bertz CT molecular complexity index is 575. The van der Waals surface area contributed by atoms with Gasteiger partial charge in [0, 0.05) is 6.54 Å². The standard InChI is InChI=1S/C15H19N3O/c1-5-6-18-13(14(16)17-15(18)19)12-8-10(3)9(2)7-11(12)4/h5,7-8,13H,1,6H2,2-4H3,(H2,16,17,19). The molecule has 0 aliphatic carbocycles. The Balaban J connectivity index is 2.50. The number of carbonyl (C=O) groups is 1. The average Bonchev–Trinajstić information content (AvgIpc) is 2.60. The number of aryl methyl sites for hydroxylation is 3. The zero-order chi connectivity index (χ0) is 14.2. The largest absolute Gasteiger partial charge is 0.385 e. The first-order valence-electron chi connectivity index (χ1n) is 6.29. The maximum Gasteiger partial charge on any atom is 0.346 e. The molecule has 1 aliphatic rings. The molecule has 0 saturated carbocycles. The summed E-state index contributed by atoms with van der Waals surface area (Å²) in [6.45, 7) is 10.3. The van der Waals surface area contributed by atoms with Crippen LogP contribution in [0.5, 0.6) is 0 Å². The van der Waals surface area contributed by atoms with E-state index >= 15 is 0 Å². The average molecular weight is 257 g/mol. The summed E-state index contributed by atoms with van der Waals surface area (Å²) in [5.74, 6) is 0.359. The van der Waals surface area contributed by atoms with Crippen LogP contribution >= 0.6 is 0 Å². The molecule has 100 valence electrons. The van der Waals surface area contributed by atoms with Gasteiger partial charge in [-0.15, -0.1) is 6.58 Å². The summed E-state index contributed by atoms with van der Waals surface area (Å²) in [5, 5.41) is 0. The molecule has 4 heteroatoms. The molecular formula is C15H19N3O. The number of carbonyl (C=O) groups excluding carboxylic acids is 1. The third-order valence-corrected chi connectivity index (χ3v) is 3.57. The normalized spacial score (nSPS) is 18.7. The van der Waals surface area contributed by atoms with E-state index in [1.54, 1.807) is 11.0 Å². The summed E-state index contributed by atoms with van der Waals surface area (Å²) < 4.78 is 0. The summed E-state index contributed by atoms with van der Waals surface area (Å²) in [4.78, 5) is 17.3. The van der Waals surface area contributed by atoms with Crippen molar-refractivity contribution in [2.75, 3.05) is 6.54 Å². The molecule has 0 saturated heterocycles. The SMILES string of the molecule is C=CCN1C(=O)N=C(N)C1c1cc(C)c(C)cc1C. The smallest absolute Gasteiger partial charge is 0.346 e. The number of aliphatic imine (C=N–C) groups is 1. The van der Waals surface area contributed by atoms with Gasteiger partial charge in [-0.2, -0.15) is 4.99 Å². The van der Waals surface area contributed by atoms with Gasteiger partial charge in [0.2, 0.25) is 0 Å². The highest BCUT2D eigenvalue weighted by Gasteiger charge is 2.34. The van der Waals surface area contributed by atoms with Crippen LogP contribution in [0.25, 0.3) is 0 Å². The fourth-order valence-corrected chi connectivity index (χ4v) is 2.43. The first-order valence-corrected chi connectivity index (χ1v) is 6.29. The number of amidine groups is 1. The third-order valence-electron chi connectivity index (χ3n) is 3.57. The Labute approximate surface area is 113 Å². The van der Waals surface area contributed by atoms with Crippen LogP contribution in [0.4, 0.5) is 4.79 Å². The van der Waals surface area contributed by atoms with Gasteiger partial charge < -0.3 is 10.6 Å². The van der Waals surface area contributed by atoms with Crippen molar-refractivity contribution in [2.24, 2.45) is 10.7 Å². The number of rotatable bonds is 3. The molecule has 1 aromatic carbocycles. The molecule has 4 nitrogen and oxygen atoms in total. The van der Waals surface area contributed by atoms with E-state index < -0.39 is 0 Å². The molecule has 2 N–H and O–H groups in total. The van der Waals surface area contributed by atoms with E-state index in [1.165, 1.54) is 11.1 Å². The Morgan fingerprint density at radius 2 is 1.95 bits per heavy atom. The van der Waals surface area contributed by atoms with E-state index in [-0.39, 0.29) is 12.1 Å². The molecule has 0 radical (unpaired) electrons. The Morgan fingerprint density at radius 1 is 1.32 bits per heavy atom. The Morgan fingerprint density at radius 3 is 2.58 bits per heavy atom. The van der Waals surface area contributed by atoms with Gasteiger partial charge in [-0.05, 0) is 43.0 Å². The minimum atomic E-state index is -0.292. The summed E-state index contributed by atoms with van der Waals surface area (Å²) in [5.41, 5.74) is 10.5. The number of nitrogens with zero attached hydrogens (tertiary/aromatic N) is 2. The van der Waals surface area contributed by atoms with Crippen LogP contribution < -0.4 is 5.73 Å². The number of benzene rings is 1. The van der Waals surface area contributed by atoms with Crippen LogP contribution in [-0.2, 0) is 0 Å². The van der Waals surface area contributed by atoms with Gasteiger partial charge in [0.05, 0.1) is 0 Å². The van der Waals surface area contributed by atoms with Gasteiger partial charge in [0.15, 0.2) is 0 Å². The van der Waals surface area contributed by atoms with Crippen molar-refractivity contribution in [1.29, 1.82) is 0 Å². The van der Waals surface area contributed by atoms with E-state index in [0.717, 1.165) is 11.1 Å². The van der Waals surface area contributed by atoms with E-state index in [2.05, 4.69) is 37.6 Å². The molecule has 2 amide bonds. The molecule has 1 unspecified atom stereocenters. The van der Waals surface area contributed by atoms with Gasteiger partial charge in [-0.25, -0.2) is 4.79 Å². The third kappa shape index (κ3) is 2.26. The van der Waals surface area contributed by atoms with Crippen LogP contribution in [0.3, 0.4) is 0 Å². The topological polar surface area (TPSA) is 58.7 Å². The maximum atomic E-state index is 11.8. The van der Waals surface area contributed by atoms with Crippen LogP contribution in [0.2, 0.25) is 0 Å². The maximum absolute atomic E-state index is 11.8. The van der Waals surface area contributed by atoms with Crippen molar-refractivity contribution < 1.29 is 4.79 Å². The van der Waals surface area contributed by atoms with Crippen molar-refractivity contribution >= 4 is 11.9 Å². The molecule has 2 rings (SSSR count). The fourth-order valence-electron chi connectivity index (χ4n) is 2.43. The summed E-state index contributed by atoms with van der Waals surface area (Å²) in [7, 11) is 0. The molecule has 0 aromatic heterocycles. The predicted molar refractivity (Wildman–Crippen MR) is 77.3 cm³/mol. The van der Waals surface area contributed by atoms with Crippen molar-refractivity contribution in [1.82, 2.24) is 4.90 Å². The van der Waals surface area contributed by atoms with Crippen LogP contribution in [0, 0.1) is 20.8 Å². The number of urea groups is 1. The lowest BCUT2D eigenvalue weighted by Crippen LogP contribution is -2.34. The highest BCUT2D eigenvalue weighted by atomic mass is 16.2. The number of hydrogen-bond acceptors (Lipinski definition) is 2. The first kappa shape index (κ1) is 13.3. The molecular weight excluding hydrogens is 238 g/mol. The lowest BCUT2D eigenvalue weighted by Gasteiger charge is -2.25. The summed E-state index contributed by atoms with van der Waals surface area (Å²) in [6.07, 6.45) is 1.69.